The molecule has 0 amide bonds. The lowest BCUT2D eigenvalue weighted by atomic mass is 10.5. The maximum Gasteiger partial charge on any atom is 0.322 e. The molecule has 1 N–H and O–H groups in total. The van der Waals surface area contributed by atoms with Crippen LogP contribution in [0.2, 0.25) is 5.28 Å². The largest absolute Gasteiger partial charge is 0.461 e. The van der Waals surface area contributed by atoms with Gasteiger partial charge in [0.05, 0.1) is 11.9 Å². The Balaban J connectivity index is 2.68. The van der Waals surface area contributed by atoms with Gasteiger partial charge in [0.2, 0.25) is 11.2 Å². The molecule has 18 heavy (non-hydrogen) atoms. The first kappa shape index (κ1) is 14.9. The van der Waals surface area contributed by atoms with E-state index in [1.807, 2.05) is 13.8 Å². The van der Waals surface area contributed by atoms with Crippen molar-refractivity contribution in [2.45, 2.75) is 20.0 Å². The zero-order chi connectivity index (χ0) is 13.8. The topological polar surface area (TPSA) is 94.1 Å². The summed E-state index contributed by atoms with van der Waals surface area (Å²) in [5.74, 6) is 0.172. The van der Waals surface area contributed by atoms with Gasteiger partial charge in [-0.05, 0) is 25.4 Å². The predicted molar refractivity (Wildman–Crippen MR) is 68.8 cm³/mol. The van der Waals surface area contributed by atoms with Gasteiger partial charge in [-0.2, -0.15) is 15.0 Å². The first-order chi connectivity index (χ1) is 8.26. The molecular weight excluding hydrogens is 280 g/mol. The summed E-state index contributed by atoms with van der Waals surface area (Å²) >= 11 is 5.70. The minimum absolute atomic E-state index is 0.0116. The lowest BCUT2D eigenvalue weighted by Crippen LogP contribution is -2.16. The molecule has 9 heteroatoms. The Kier molecular flexibility index (Phi) is 5.09. The standard InChI is InChI=1S/C9H15ClN4O3S/c1-6(2)17-9-13-7(10)12-8(14-9)11-4-5-18(3,15)16/h6H,4-5H2,1-3H3,(H,11,12,13,14). The summed E-state index contributed by atoms with van der Waals surface area (Å²) in [5, 5.41) is 2.74. The molecular formula is C9H15ClN4O3S. The van der Waals surface area contributed by atoms with Crippen molar-refractivity contribution in [1.82, 2.24) is 15.0 Å². The number of aromatic nitrogens is 3. The van der Waals surface area contributed by atoms with Crippen LogP contribution >= 0.6 is 11.6 Å². The number of anilines is 1. The maximum atomic E-state index is 11.0. The highest BCUT2D eigenvalue weighted by atomic mass is 35.5. The molecule has 7 nitrogen and oxygen atoms in total. The van der Waals surface area contributed by atoms with Gasteiger partial charge in [-0.3, -0.25) is 0 Å². The first-order valence-electron chi connectivity index (χ1n) is 5.26. The molecule has 1 aromatic heterocycles. The van der Waals surface area contributed by atoms with Crippen LogP contribution in [0.3, 0.4) is 0 Å². The van der Waals surface area contributed by atoms with Crippen molar-refractivity contribution in [3.63, 3.8) is 0 Å². The maximum absolute atomic E-state index is 11.0. The summed E-state index contributed by atoms with van der Waals surface area (Å²) in [6.45, 7) is 3.85. The molecule has 0 aliphatic heterocycles. The first-order valence-corrected chi connectivity index (χ1v) is 7.70. The molecule has 0 aliphatic rings. The number of halogens is 1. The molecule has 0 saturated carbocycles. The second-order valence-corrected chi connectivity index (χ2v) is 6.53. The summed E-state index contributed by atoms with van der Waals surface area (Å²) in [6, 6.07) is 0.104. The molecule has 102 valence electrons. The Morgan fingerprint density at radius 1 is 1.33 bits per heavy atom. The normalized spacial score (nSPS) is 11.6. The van der Waals surface area contributed by atoms with E-state index in [9.17, 15) is 8.42 Å². The minimum atomic E-state index is -3.03. The van der Waals surface area contributed by atoms with Crippen LogP contribution in [0.4, 0.5) is 5.95 Å². The summed E-state index contributed by atoms with van der Waals surface area (Å²) in [5.41, 5.74) is 0. The monoisotopic (exact) mass is 294 g/mol. The van der Waals surface area contributed by atoms with Crippen molar-refractivity contribution in [3.05, 3.63) is 5.28 Å². The molecule has 0 radical (unpaired) electrons. The number of nitrogens with one attached hydrogen (secondary N) is 1. The number of hydrogen-bond acceptors (Lipinski definition) is 7. The van der Waals surface area contributed by atoms with Crippen molar-refractivity contribution >= 4 is 27.4 Å². The van der Waals surface area contributed by atoms with E-state index >= 15 is 0 Å². The molecule has 0 bridgehead atoms. The number of nitrogens with zero attached hydrogens (tertiary/aromatic N) is 3. The Bertz CT molecular complexity index is 507. The van der Waals surface area contributed by atoms with E-state index in [1.54, 1.807) is 0 Å². The van der Waals surface area contributed by atoms with Crippen LogP contribution in [-0.4, -0.2) is 48.0 Å². The van der Waals surface area contributed by atoms with Crippen LogP contribution in [0.15, 0.2) is 0 Å². The summed E-state index contributed by atoms with van der Waals surface area (Å²) < 4.78 is 27.2. The van der Waals surface area contributed by atoms with Gasteiger partial charge in [0.1, 0.15) is 9.84 Å². The van der Waals surface area contributed by atoms with Crippen molar-refractivity contribution in [3.8, 4) is 6.01 Å². The van der Waals surface area contributed by atoms with Crippen LogP contribution in [-0.2, 0) is 9.84 Å². The Hall–Kier alpha value is -1.15. The quantitative estimate of drug-likeness (QED) is 0.828. The molecule has 1 heterocycles. The van der Waals surface area contributed by atoms with E-state index in [-0.39, 0.29) is 35.6 Å². The molecule has 0 aromatic carbocycles. The highest BCUT2D eigenvalue weighted by Gasteiger charge is 2.08. The van der Waals surface area contributed by atoms with Gasteiger partial charge in [0.15, 0.2) is 0 Å². The predicted octanol–water partition coefficient (Wildman–Crippen LogP) is 0.769. The van der Waals surface area contributed by atoms with E-state index in [4.69, 9.17) is 16.3 Å². The number of hydrogen-bond donors (Lipinski definition) is 1. The highest BCUT2D eigenvalue weighted by Crippen LogP contribution is 2.12. The summed E-state index contributed by atoms with van der Waals surface area (Å²) in [6.07, 6.45) is 1.06. The molecule has 0 saturated heterocycles. The third-order valence-electron chi connectivity index (χ3n) is 1.68. The molecule has 0 atom stereocenters. The van der Waals surface area contributed by atoms with Crippen LogP contribution in [0.1, 0.15) is 13.8 Å². The van der Waals surface area contributed by atoms with Gasteiger partial charge in [-0.15, -0.1) is 0 Å². The fourth-order valence-electron chi connectivity index (χ4n) is 1.02. The fraction of sp³-hybridized carbons (Fsp3) is 0.667. The highest BCUT2D eigenvalue weighted by molar-refractivity contribution is 7.90. The molecule has 0 fully saturated rings. The summed E-state index contributed by atoms with van der Waals surface area (Å²) in [7, 11) is -3.03. The van der Waals surface area contributed by atoms with Crippen molar-refractivity contribution in [1.29, 1.82) is 0 Å². The molecule has 1 rings (SSSR count). The van der Waals surface area contributed by atoms with Gasteiger partial charge in [0.25, 0.3) is 0 Å². The van der Waals surface area contributed by atoms with Gasteiger partial charge in [-0.25, -0.2) is 8.42 Å². The van der Waals surface area contributed by atoms with E-state index in [1.165, 1.54) is 0 Å². The van der Waals surface area contributed by atoms with Gasteiger partial charge >= 0.3 is 6.01 Å². The minimum Gasteiger partial charge on any atom is -0.461 e. The molecule has 0 spiro atoms. The second kappa shape index (κ2) is 6.14. The Morgan fingerprint density at radius 2 is 2.00 bits per heavy atom. The third-order valence-corrected chi connectivity index (χ3v) is 2.80. The number of rotatable bonds is 6. The van der Waals surface area contributed by atoms with E-state index in [2.05, 4.69) is 20.3 Å². The van der Waals surface area contributed by atoms with Crippen molar-refractivity contribution in [2.75, 3.05) is 23.9 Å². The SMILES string of the molecule is CC(C)Oc1nc(Cl)nc(NCCS(C)(=O)=O)n1. The van der Waals surface area contributed by atoms with Crippen LogP contribution in [0, 0.1) is 0 Å². The van der Waals surface area contributed by atoms with Gasteiger partial charge in [0, 0.05) is 12.8 Å². The van der Waals surface area contributed by atoms with E-state index in [0.29, 0.717) is 0 Å². The van der Waals surface area contributed by atoms with Crippen molar-refractivity contribution in [2.24, 2.45) is 0 Å². The van der Waals surface area contributed by atoms with Crippen LogP contribution in [0.5, 0.6) is 6.01 Å². The van der Waals surface area contributed by atoms with E-state index < -0.39 is 9.84 Å². The van der Waals surface area contributed by atoms with Crippen LogP contribution in [0.25, 0.3) is 0 Å². The van der Waals surface area contributed by atoms with Crippen molar-refractivity contribution < 1.29 is 13.2 Å². The Labute approximate surface area is 111 Å². The number of ether oxygens (including phenoxy) is 1. The molecule has 0 aliphatic carbocycles. The zero-order valence-electron chi connectivity index (χ0n) is 10.3. The zero-order valence-corrected chi connectivity index (χ0v) is 11.9. The van der Waals surface area contributed by atoms with Crippen LogP contribution < -0.4 is 10.1 Å². The van der Waals surface area contributed by atoms with Gasteiger partial charge in [-0.1, -0.05) is 0 Å². The Morgan fingerprint density at radius 3 is 2.56 bits per heavy atom. The number of sulfone groups is 1. The fourth-order valence-corrected chi connectivity index (χ4v) is 1.65. The third kappa shape index (κ3) is 5.97. The smallest absolute Gasteiger partial charge is 0.322 e. The lowest BCUT2D eigenvalue weighted by molar-refractivity contribution is 0.222. The van der Waals surface area contributed by atoms with Gasteiger partial charge < -0.3 is 10.1 Å². The lowest BCUT2D eigenvalue weighted by Gasteiger charge is -2.09. The average Bonchev–Trinajstić information content (AvgIpc) is 2.12. The average molecular weight is 295 g/mol. The molecule has 1 aromatic rings. The molecule has 0 unspecified atom stereocenters. The van der Waals surface area contributed by atoms with E-state index in [0.717, 1.165) is 6.26 Å². The summed E-state index contributed by atoms with van der Waals surface area (Å²) in [4.78, 5) is 11.6. The second-order valence-electron chi connectivity index (χ2n) is 3.93.